The Morgan fingerprint density at radius 3 is 2.74 bits per heavy atom. The molecule has 2 rings (SSSR count). The Bertz CT molecular complexity index is 575. The molecule has 5 heteroatoms. The van der Waals surface area contributed by atoms with E-state index in [0.29, 0.717) is 11.8 Å². The van der Waals surface area contributed by atoms with Crippen LogP contribution in [0.5, 0.6) is 0 Å². The number of benzene rings is 1. The summed E-state index contributed by atoms with van der Waals surface area (Å²) in [6.45, 7) is 5.86. The van der Waals surface area contributed by atoms with Gasteiger partial charge in [0.1, 0.15) is 5.82 Å². The summed E-state index contributed by atoms with van der Waals surface area (Å²) in [5, 5.41) is 2.98. The average Bonchev–Trinajstić information content (AvgIpc) is 2.51. The van der Waals surface area contributed by atoms with Gasteiger partial charge in [0.05, 0.1) is 5.56 Å². The predicted molar refractivity (Wildman–Crippen MR) is 85.4 cm³/mol. The van der Waals surface area contributed by atoms with Crippen molar-refractivity contribution >= 4 is 11.9 Å². The Hall–Kier alpha value is -1.91. The first-order chi connectivity index (χ1) is 10.9. The zero-order chi connectivity index (χ0) is 17.0. The molecule has 4 atom stereocenters. The third-order valence-electron chi connectivity index (χ3n) is 4.75. The molecule has 0 aliphatic heterocycles. The molecule has 1 fully saturated rings. The molecule has 0 heterocycles. The summed E-state index contributed by atoms with van der Waals surface area (Å²) in [7, 11) is 0. The molecule has 1 aromatic carbocycles. The van der Waals surface area contributed by atoms with Crippen molar-refractivity contribution in [2.24, 2.45) is 11.8 Å². The summed E-state index contributed by atoms with van der Waals surface area (Å²) >= 11 is 0. The van der Waals surface area contributed by atoms with E-state index in [-0.39, 0.29) is 17.5 Å². The summed E-state index contributed by atoms with van der Waals surface area (Å²) in [4.78, 5) is 24.2. The van der Waals surface area contributed by atoms with Gasteiger partial charge in [-0.1, -0.05) is 32.8 Å². The maximum Gasteiger partial charge on any atom is 0.339 e. The lowest BCUT2D eigenvalue weighted by Crippen LogP contribution is -2.47. The SMILES string of the molecule is C[C@@H]1[C@H](C)CCC[C@H]1NC(=O)[C@@H](C)OC(=O)c1cccc(F)c1. The molecule has 126 valence electrons. The van der Waals surface area contributed by atoms with Crippen LogP contribution in [0.3, 0.4) is 0 Å². The predicted octanol–water partition coefficient (Wildman–Crippen LogP) is 3.31. The summed E-state index contributed by atoms with van der Waals surface area (Å²) in [6.07, 6.45) is 2.31. The molecule has 1 aliphatic carbocycles. The number of hydrogen-bond acceptors (Lipinski definition) is 3. The van der Waals surface area contributed by atoms with Crippen molar-refractivity contribution in [1.29, 1.82) is 0 Å². The number of esters is 1. The van der Waals surface area contributed by atoms with Gasteiger partial charge in [0.25, 0.3) is 5.91 Å². The van der Waals surface area contributed by atoms with Crippen molar-refractivity contribution in [1.82, 2.24) is 5.32 Å². The molecule has 1 aromatic rings. The second kappa shape index (κ2) is 7.57. The van der Waals surface area contributed by atoms with Crippen LogP contribution >= 0.6 is 0 Å². The number of ether oxygens (including phenoxy) is 1. The molecule has 1 amide bonds. The standard InChI is InChI=1S/C18H24FNO3/c1-11-6-4-9-16(12(11)2)20-17(21)13(3)23-18(22)14-7-5-8-15(19)10-14/h5,7-8,10-13,16H,4,6,9H2,1-3H3,(H,20,21)/t11-,12-,13-,16-/m1/s1. The maximum absolute atomic E-state index is 13.1. The first kappa shape index (κ1) is 17.4. The second-order valence-electron chi connectivity index (χ2n) is 6.44. The Balaban J connectivity index is 1.91. The number of nitrogens with one attached hydrogen (secondary N) is 1. The lowest BCUT2D eigenvalue weighted by atomic mass is 9.78. The smallest absolute Gasteiger partial charge is 0.339 e. The molecule has 1 aliphatic rings. The molecule has 1 N–H and O–H groups in total. The van der Waals surface area contributed by atoms with Gasteiger partial charge in [0, 0.05) is 6.04 Å². The number of carbonyl (C=O) groups excluding carboxylic acids is 2. The van der Waals surface area contributed by atoms with Crippen LogP contribution in [0.25, 0.3) is 0 Å². The van der Waals surface area contributed by atoms with Gasteiger partial charge in [-0.25, -0.2) is 9.18 Å². The Morgan fingerprint density at radius 1 is 1.30 bits per heavy atom. The Kier molecular flexibility index (Phi) is 5.74. The minimum absolute atomic E-state index is 0.101. The highest BCUT2D eigenvalue weighted by Crippen LogP contribution is 2.29. The summed E-state index contributed by atoms with van der Waals surface area (Å²) in [5.74, 6) is -0.544. The van der Waals surface area contributed by atoms with E-state index in [2.05, 4.69) is 19.2 Å². The van der Waals surface area contributed by atoms with Crippen LogP contribution < -0.4 is 5.32 Å². The Labute approximate surface area is 136 Å². The van der Waals surface area contributed by atoms with Gasteiger partial charge in [-0.3, -0.25) is 4.79 Å². The van der Waals surface area contributed by atoms with E-state index in [1.807, 2.05) is 0 Å². The third kappa shape index (κ3) is 4.53. The fourth-order valence-electron chi connectivity index (χ4n) is 2.98. The van der Waals surface area contributed by atoms with Gasteiger partial charge in [-0.05, 0) is 43.4 Å². The number of rotatable bonds is 4. The molecule has 0 bridgehead atoms. The van der Waals surface area contributed by atoms with Crippen molar-refractivity contribution in [2.75, 3.05) is 0 Å². The Morgan fingerprint density at radius 2 is 2.04 bits per heavy atom. The van der Waals surface area contributed by atoms with Gasteiger partial charge in [-0.15, -0.1) is 0 Å². The van der Waals surface area contributed by atoms with Crippen LogP contribution in [-0.2, 0) is 9.53 Å². The molecular formula is C18H24FNO3. The van der Waals surface area contributed by atoms with Gasteiger partial charge < -0.3 is 10.1 Å². The van der Waals surface area contributed by atoms with Crippen LogP contribution in [0.15, 0.2) is 24.3 Å². The normalized spacial score (nSPS) is 25.5. The second-order valence-corrected chi connectivity index (χ2v) is 6.44. The topological polar surface area (TPSA) is 55.4 Å². The van der Waals surface area contributed by atoms with Gasteiger partial charge in [0.15, 0.2) is 6.10 Å². The lowest BCUT2D eigenvalue weighted by Gasteiger charge is -2.35. The van der Waals surface area contributed by atoms with Crippen molar-refractivity contribution in [2.45, 2.75) is 52.2 Å². The molecule has 0 spiro atoms. The van der Waals surface area contributed by atoms with E-state index >= 15 is 0 Å². The highest BCUT2D eigenvalue weighted by molar-refractivity contribution is 5.92. The van der Waals surface area contributed by atoms with Crippen molar-refractivity contribution in [3.05, 3.63) is 35.6 Å². The van der Waals surface area contributed by atoms with Crippen molar-refractivity contribution < 1.29 is 18.7 Å². The number of halogens is 1. The zero-order valence-corrected chi connectivity index (χ0v) is 13.8. The van der Waals surface area contributed by atoms with Crippen molar-refractivity contribution in [3.8, 4) is 0 Å². The van der Waals surface area contributed by atoms with Gasteiger partial charge in [0.2, 0.25) is 0 Å². The molecule has 0 unspecified atom stereocenters. The van der Waals surface area contributed by atoms with Crippen LogP contribution in [0.4, 0.5) is 4.39 Å². The first-order valence-electron chi connectivity index (χ1n) is 8.15. The van der Waals surface area contributed by atoms with Crippen molar-refractivity contribution in [3.63, 3.8) is 0 Å². The van der Waals surface area contributed by atoms with Crippen LogP contribution in [0, 0.1) is 17.7 Å². The molecule has 0 aromatic heterocycles. The first-order valence-corrected chi connectivity index (χ1v) is 8.15. The molecule has 1 saturated carbocycles. The summed E-state index contributed by atoms with van der Waals surface area (Å²) in [5.41, 5.74) is 0.101. The molecule has 23 heavy (non-hydrogen) atoms. The highest BCUT2D eigenvalue weighted by atomic mass is 19.1. The molecule has 0 saturated heterocycles. The molecular weight excluding hydrogens is 297 g/mol. The average molecular weight is 321 g/mol. The molecule has 0 radical (unpaired) electrons. The lowest BCUT2D eigenvalue weighted by molar-refractivity contribution is -0.130. The fraction of sp³-hybridized carbons (Fsp3) is 0.556. The zero-order valence-electron chi connectivity index (χ0n) is 13.8. The largest absolute Gasteiger partial charge is 0.449 e. The molecule has 4 nitrogen and oxygen atoms in total. The van der Waals surface area contributed by atoms with Crippen LogP contribution in [0.2, 0.25) is 0 Å². The number of hydrogen-bond donors (Lipinski definition) is 1. The van der Waals surface area contributed by atoms with Crippen LogP contribution in [0.1, 0.15) is 50.4 Å². The number of carbonyl (C=O) groups is 2. The van der Waals surface area contributed by atoms with E-state index in [1.54, 1.807) is 0 Å². The minimum Gasteiger partial charge on any atom is -0.449 e. The summed E-state index contributed by atoms with van der Waals surface area (Å²) in [6, 6.07) is 5.35. The third-order valence-corrected chi connectivity index (χ3v) is 4.75. The minimum atomic E-state index is -0.907. The van der Waals surface area contributed by atoms with E-state index in [1.165, 1.54) is 31.5 Å². The fourth-order valence-corrected chi connectivity index (χ4v) is 2.98. The maximum atomic E-state index is 13.1. The number of amides is 1. The van der Waals surface area contributed by atoms with E-state index in [4.69, 9.17) is 4.74 Å². The highest BCUT2D eigenvalue weighted by Gasteiger charge is 2.30. The van der Waals surface area contributed by atoms with Gasteiger partial charge >= 0.3 is 5.97 Å². The van der Waals surface area contributed by atoms with E-state index < -0.39 is 17.9 Å². The monoisotopic (exact) mass is 321 g/mol. The van der Waals surface area contributed by atoms with E-state index in [0.717, 1.165) is 18.9 Å². The van der Waals surface area contributed by atoms with E-state index in [9.17, 15) is 14.0 Å². The summed E-state index contributed by atoms with van der Waals surface area (Å²) < 4.78 is 18.3. The van der Waals surface area contributed by atoms with Crippen LogP contribution in [-0.4, -0.2) is 24.0 Å². The van der Waals surface area contributed by atoms with Gasteiger partial charge in [-0.2, -0.15) is 0 Å². The quantitative estimate of drug-likeness (QED) is 0.866.